The van der Waals surface area contributed by atoms with Crippen LogP contribution in [0.1, 0.15) is 107 Å². The second-order valence-corrected chi connectivity index (χ2v) is 44.9. The average Bonchev–Trinajstić information content (AvgIpc) is 3.72. The van der Waals surface area contributed by atoms with Crippen molar-refractivity contribution in [2.75, 3.05) is 0 Å². The number of amides is 2. The number of carbonyl (C=O) groups excluding carboxylic acids is 2. The van der Waals surface area contributed by atoms with Crippen molar-refractivity contribution in [3.8, 4) is 22.3 Å². The van der Waals surface area contributed by atoms with Crippen molar-refractivity contribution in [3.63, 3.8) is 0 Å². The van der Waals surface area contributed by atoms with Gasteiger partial charge in [0.2, 0.25) is 0 Å². The molecule has 269 valence electrons. The molecule has 52 heavy (non-hydrogen) atoms. The van der Waals surface area contributed by atoms with Crippen molar-refractivity contribution in [2.45, 2.75) is 86.4 Å². The van der Waals surface area contributed by atoms with Gasteiger partial charge in [0.15, 0.2) is 0 Å². The van der Waals surface area contributed by atoms with Gasteiger partial charge in [0.1, 0.15) is 0 Å². The third kappa shape index (κ3) is 6.73. The first-order valence-electron chi connectivity index (χ1n) is 19.1. The molecule has 6 rings (SSSR count). The molecule has 0 spiro atoms. The molecule has 2 aliphatic carbocycles. The summed E-state index contributed by atoms with van der Waals surface area (Å²) < 4.78 is -1.63. The number of hydrogen-bond donors (Lipinski definition) is 2. The van der Waals surface area contributed by atoms with Gasteiger partial charge in [0.25, 0.3) is 0 Å². The molecule has 0 aliphatic heterocycles. The molecule has 2 unspecified atom stereocenters. The Labute approximate surface area is 318 Å². The number of aryl methyl sites for hydroxylation is 2. The number of rotatable bonds is 17. The number of allylic oxidation sites excluding steroid dienone is 2. The van der Waals surface area contributed by atoms with Crippen molar-refractivity contribution < 1.29 is 25.5 Å². The summed E-state index contributed by atoms with van der Waals surface area (Å²) in [5, 5.41) is 6.01. The maximum atomic E-state index is 12.5. The molecule has 8 heteroatoms. The average molecular weight is 899 g/mol. The summed E-state index contributed by atoms with van der Waals surface area (Å²) in [4.78, 5) is 25.0. The zero-order valence-corrected chi connectivity index (χ0v) is 36.0. The summed E-state index contributed by atoms with van der Waals surface area (Å²) >= 11 is -6.00. The van der Waals surface area contributed by atoms with Crippen molar-refractivity contribution in [1.29, 1.82) is 0 Å². The quantitative estimate of drug-likeness (QED) is 0.0819. The van der Waals surface area contributed by atoms with E-state index >= 15 is 0 Å². The number of fused-ring (bicyclic) bond motifs is 2. The fourth-order valence-corrected chi connectivity index (χ4v) is 38.9. The SMILES string of the molecule is CCCC1=Cc2c(-c3ccccc3CCC)cccc2[CH]1[Hf]([Cl])([Cl])([B](NC=O)NC=O)[CH]1C(CCC)=Cc2c(-c3ccccc3CCC)cccc21. The van der Waals surface area contributed by atoms with Crippen LogP contribution in [0.4, 0.5) is 0 Å². The third-order valence-electron chi connectivity index (χ3n) is 11.2. The van der Waals surface area contributed by atoms with Crippen LogP contribution in [-0.2, 0) is 38.3 Å². The molecule has 0 saturated carbocycles. The maximum absolute atomic E-state index is 12.5. The predicted octanol–water partition coefficient (Wildman–Crippen LogP) is 11.6. The predicted molar refractivity (Wildman–Crippen MR) is 219 cm³/mol. The van der Waals surface area contributed by atoms with E-state index in [0.717, 1.165) is 73.6 Å². The van der Waals surface area contributed by atoms with E-state index in [0.29, 0.717) is 12.8 Å². The number of halogens is 2. The molecule has 4 aromatic carbocycles. The van der Waals surface area contributed by atoms with Crippen molar-refractivity contribution in [3.05, 3.63) is 129 Å². The zero-order valence-electron chi connectivity index (χ0n) is 30.9. The molecule has 4 aromatic rings. The summed E-state index contributed by atoms with van der Waals surface area (Å²) in [5.41, 5.74) is 14.2. The molecule has 4 nitrogen and oxygen atoms in total. The van der Waals surface area contributed by atoms with Crippen LogP contribution in [0, 0.1) is 0 Å². The van der Waals surface area contributed by atoms with Crippen LogP contribution in [-0.4, -0.2) is 17.4 Å². The van der Waals surface area contributed by atoms with E-state index in [1.165, 1.54) is 44.5 Å². The summed E-state index contributed by atoms with van der Waals surface area (Å²) in [5.74, 6) is 0. The Kier molecular flexibility index (Phi) is 12.2. The standard InChI is InChI=1S/2C21H23.C2H3BN2O2.2ClH.Hf/c2*1-3-8-16-14-18-11-7-13-20(21(18)15-16)19-12-6-5-10-17(19)9-4-2;6-1-4-3-5-2-7;;;/h2*5-7,10-15H,3-4,8-9H2,1-2H3;1-2H,(H-,4,5,6,7);2*1H;/q;;;;;+1/p-1. The fraction of sp³-hybridized carbons (Fsp3) is 0.318. The minimum atomic E-state index is -6.00. The van der Waals surface area contributed by atoms with Crippen LogP contribution in [0.3, 0.4) is 0 Å². The van der Waals surface area contributed by atoms with E-state index in [-0.39, 0.29) is 7.35 Å². The van der Waals surface area contributed by atoms with Gasteiger partial charge in [0.05, 0.1) is 0 Å². The Bertz CT molecular complexity index is 1890. The monoisotopic (exact) mass is 899 g/mol. The Hall–Kier alpha value is -3.18. The molecule has 0 heterocycles. The van der Waals surface area contributed by atoms with E-state index < -0.39 is 20.5 Å². The zero-order chi connectivity index (χ0) is 36.9. The van der Waals surface area contributed by atoms with Gasteiger partial charge >= 0.3 is 321 Å². The first-order chi connectivity index (χ1) is 25.3. The fourth-order valence-electron chi connectivity index (χ4n) is 9.25. The first kappa shape index (κ1) is 38.5. The van der Waals surface area contributed by atoms with Crippen LogP contribution in [0.2, 0.25) is 0 Å². The van der Waals surface area contributed by atoms with Gasteiger partial charge in [-0.3, -0.25) is 0 Å². The molecule has 0 radical (unpaired) electrons. The Balaban J connectivity index is 1.66. The summed E-state index contributed by atoms with van der Waals surface area (Å²) in [6.07, 6.45) is 13.4. The molecule has 0 fully saturated rings. The van der Waals surface area contributed by atoms with E-state index in [4.69, 9.17) is 17.2 Å². The molecule has 0 aromatic heterocycles. The Morgan fingerprint density at radius 2 is 0.942 bits per heavy atom. The molecule has 0 bridgehead atoms. The van der Waals surface area contributed by atoms with Crippen molar-refractivity contribution in [2.24, 2.45) is 0 Å². The second kappa shape index (κ2) is 16.5. The van der Waals surface area contributed by atoms with Gasteiger partial charge < -0.3 is 0 Å². The molecule has 2 N–H and O–H groups in total. The minimum absolute atomic E-state index is 0.356. The number of carbonyl (C=O) groups is 2. The van der Waals surface area contributed by atoms with Gasteiger partial charge in [-0.25, -0.2) is 0 Å². The van der Waals surface area contributed by atoms with Crippen LogP contribution >= 0.6 is 17.2 Å². The van der Waals surface area contributed by atoms with E-state index in [2.05, 4.69) is 135 Å². The molecule has 2 atom stereocenters. The summed E-state index contributed by atoms with van der Waals surface area (Å²) in [6.45, 7) is 8.79. The van der Waals surface area contributed by atoms with Gasteiger partial charge in [-0.05, 0) is 0 Å². The molecular weight excluding hydrogens is 849 g/mol. The molecule has 2 amide bonds. The Morgan fingerprint density at radius 3 is 1.33 bits per heavy atom. The summed E-state index contributed by atoms with van der Waals surface area (Å²) in [7, 11) is 17.3. The summed E-state index contributed by atoms with van der Waals surface area (Å²) in [6, 6.07) is 30.4. The van der Waals surface area contributed by atoms with E-state index in [9.17, 15) is 9.59 Å². The molecular formula is C44H50BCl2HfN2O2. The molecule has 0 saturated heterocycles. The van der Waals surface area contributed by atoms with Crippen LogP contribution in [0.15, 0.2) is 96.1 Å². The van der Waals surface area contributed by atoms with Crippen molar-refractivity contribution >= 4 is 46.7 Å². The number of nitrogens with one attached hydrogen (secondary N) is 2. The number of hydrogen-bond acceptors (Lipinski definition) is 2. The van der Waals surface area contributed by atoms with E-state index in [1.807, 2.05) is 0 Å². The first-order valence-corrected chi connectivity index (χ1v) is 34.2. The van der Waals surface area contributed by atoms with Crippen molar-refractivity contribution in [1.82, 2.24) is 10.5 Å². The third-order valence-corrected chi connectivity index (χ3v) is 39.9. The second-order valence-electron chi connectivity index (χ2n) is 14.5. The van der Waals surface area contributed by atoms with Gasteiger partial charge in [-0.2, -0.15) is 0 Å². The van der Waals surface area contributed by atoms with Gasteiger partial charge in [-0.15, -0.1) is 0 Å². The normalized spacial score (nSPS) is 16.9. The molecule has 2 aliphatic rings. The van der Waals surface area contributed by atoms with Crippen LogP contribution < -0.4 is 10.5 Å². The van der Waals surface area contributed by atoms with Gasteiger partial charge in [-0.1, -0.05) is 0 Å². The van der Waals surface area contributed by atoms with Gasteiger partial charge in [0, 0.05) is 0 Å². The van der Waals surface area contributed by atoms with Crippen LogP contribution in [0.25, 0.3) is 34.4 Å². The van der Waals surface area contributed by atoms with Crippen LogP contribution in [0.5, 0.6) is 0 Å². The topological polar surface area (TPSA) is 58.2 Å². The van der Waals surface area contributed by atoms with E-state index in [1.54, 1.807) is 0 Å². The Morgan fingerprint density at radius 1 is 0.558 bits per heavy atom. The number of benzene rings is 4.